The summed E-state index contributed by atoms with van der Waals surface area (Å²) in [6.07, 6.45) is 2.09. The normalized spacial score (nSPS) is 14.2. The van der Waals surface area contributed by atoms with Crippen LogP contribution in [0.1, 0.15) is 45.9 Å². The molecule has 236 valence electrons. The maximum atomic E-state index is 11.6. The Bertz CT molecular complexity index is 1790. The number of fused-ring (bicyclic) bond motifs is 1. The van der Waals surface area contributed by atoms with E-state index in [1.807, 2.05) is 55.5 Å². The first kappa shape index (κ1) is 32.1. The second-order valence-corrected chi connectivity index (χ2v) is 10.9. The van der Waals surface area contributed by atoms with E-state index in [1.165, 1.54) is 6.20 Å². The number of aromatic nitrogens is 1. The number of carboxylic acids is 2. The van der Waals surface area contributed by atoms with Crippen molar-refractivity contribution in [2.75, 3.05) is 6.61 Å². The molecule has 0 bridgehead atoms. The number of nitrogens with one attached hydrogen (secondary N) is 1. The van der Waals surface area contributed by atoms with Crippen molar-refractivity contribution >= 4 is 23.5 Å². The van der Waals surface area contributed by atoms with Crippen LogP contribution in [0, 0.1) is 18.3 Å². The van der Waals surface area contributed by atoms with E-state index < -0.39 is 24.4 Å². The highest BCUT2D eigenvalue weighted by Gasteiger charge is 2.25. The van der Waals surface area contributed by atoms with Gasteiger partial charge in [-0.05, 0) is 47.9 Å². The number of benzene rings is 3. The molecule has 0 spiro atoms. The first-order chi connectivity index (χ1) is 22.2. The van der Waals surface area contributed by atoms with Crippen molar-refractivity contribution in [1.29, 1.82) is 5.26 Å². The molecule has 0 fully saturated rings. The Hall–Kier alpha value is -5.31. The van der Waals surface area contributed by atoms with Crippen LogP contribution in [0.25, 0.3) is 0 Å². The predicted octanol–water partition coefficient (Wildman–Crippen LogP) is 5.60. The minimum Gasteiger partial charge on any atom is -0.488 e. The number of pyridine rings is 1. The van der Waals surface area contributed by atoms with Gasteiger partial charge < -0.3 is 29.2 Å². The van der Waals surface area contributed by atoms with Gasteiger partial charge in [-0.15, -0.1) is 0 Å². The lowest BCUT2D eigenvalue weighted by atomic mass is 9.98. The number of ether oxygens (including phenoxy) is 4. The van der Waals surface area contributed by atoms with Gasteiger partial charge in [-0.3, -0.25) is 19.9 Å². The fourth-order valence-electron chi connectivity index (χ4n) is 4.94. The molecular weight excluding hydrogens is 614 g/mol. The first-order valence-electron chi connectivity index (χ1n) is 14.3. The Labute approximate surface area is 269 Å². The van der Waals surface area contributed by atoms with Crippen LogP contribution in [0.3, 0.4) is 0 Å². The summed E-state index contributed by atoms with van der Waals surface area (Å²) >= 11 is 6.63. The molecule has 0 saturated carbocycles. The van der Waals surface area contributed by atoms with Crippen molar-refractivity contribution in [2.45, 2.75) is 45.2 Å². The molecular formula is C34H30ClN3O8. The molecule has 3 N–H and O–H groups in total. The van der Waals surface area contributed by atoms with Gasteiger partial charge in [0.25, 0.3) is 0 Å². The van der Waals surface area contributed by atoms with Crippen LogP contribution in [0.5, 0.6) is 23.0 Å². The number of hydrogen-bond donors (Lipinski definition) is 3. The Morgan fingerprint density at radius 3 is 2.59 bits per heavy atom. The summed E-state index contributed by atoms with van der Waals surface area (Å²) in [7, 11) is 0. The molecule has 0 radical (unpaired) electrons. The molecule has 2 atom stereocenters. The van der Waals surface area contributed by atoms with E-state index in [9.17, 15) is 20.0 Å². The van der Waals surface area contributed by atoms with Gasteiger partial charge in [0.05, 0.1) is 17.0 Å². The van der Waals surface area contributed by atoms with E-state index in [2.05, 4.69) is 10.3 Å². The Morgan fingerprint density at radius 1 is 1.04 bits per heavy atom. The molecule has 2 unspecified atom stereocenters. The third kappa shape index (κ3) is 7.85. The summed E-state index contributed by atoms with van der Waals surface area (Å²) in [4.78, 5) is 26.8. The van der Waals surface area contributed by atoms with E-state index >= 15 is 0 Å². The summed E-state index contributed by atoms with van der Waals surface area (Å²) in [6.45, 7) is 2.52. The average molecular weight is 644 g/mol. The van der Waals surface area contributed by atoms with E-state index in [-0.39, 0.29) is 30.9 Å². The summed E-state index contributed by atoms with van der Waals surface area (Å²) in [5, 5.41) is 30.8. The molecule has 4 aromatic rings. The van der Waals surface area contributed by atoms with Gasteiger partial charge in [-0.1, -0.05) is 41.9 Å². The maximum absolute atomic E-state index is 11.6. The summed E-state index contributed by atoms with van der Waals surface area (Å²) in [6, 6.07) is 18.9. The molecule has 1 aliphatic rings. The Balaban J connectivity index is 1.36. The van der Waals surface area contributed by atoms with Crippen LogP contribution in [0.2, 0.25) is 5.02 Å². The largest absolute Gasteiger partial charge is 0.488 e. The molecule has 5 rings (SSSR count). The summed E-state index contributed by atoms with van der Waals surface area (Å²) in [5.74, 6) is -0.526. The van der Waals surface area contributed by atoms with Crippen molar-refractivity contribution in [2.24, 2.45) is 0 Å². The Morgan fingerprint density at radius 2 is 1.83 bits per heavy atom. The number of nitriles is 1. The third-order valence-electron chi connectivity index (χ3n) is 7.38. The second-order valence-electron chi connectivity index (χ2n) is 10.5. The topological polar surface area (TPSA) is 160 Å². The third-order valence-corrected chi connectivity index (χ3v) is 7.67. The van der Waals surface area contributed by atoms with Crippen molar-refractivity contribution in [3.05, 3.63) is 111 Å². The number of halogens is 1. The maximum Gasteiger partial charge on any atom is 0.321 e. The number of carbonyl (C=O) groups is 2. The highest BCUT2D eigenvalue weighted by molar-refractivity contribution is 6.32. The van der Waals surface area contributed by atoms with Crippen LogP contribution in [0.15, 0.2) is 73.1 Å². The fraction of sp³-hybridized carbons (Fsp3) is 0.235. The van der Waals surface area contributed by atoms with Crippen molar-refractivity contribution < 1.29 is 38.7 Å². The van der Waals surface area contributed by atoms with Crippen molar-refractivity contribution in [3.8, 4) is 29.1 Å². The first-order valence-corrected chi connectivity index (χ1v) is 14.7. The molecule has 0 saturated heterocycles. The number of para-hydroxylation sites is 2. The molecule has 11 nitrogen and oxygen atoms in total. The predicted molar refractivity (Wildman–Crippen MR) is 166 cm³/mol. The minimum absolute atomic E-state index is 0.0435. The Kier molecular flexibility index (Phi) is 10.2. The zero-order valence-electron chi connectivity index (χ0n) is 24.7. The van der Waals surface area contributed by atoms with Gasteiger partial charge in [-0.25, -0.2) is 0 Å². The van der Waals surface area contributed by atoms with Crippen LogP contribution < -0.4 is 24.3 Å². The molecule has 1 aromatic heterocycles. The summed E-state index contributed by atoms with van der Waals surface area (Å²) < 4.78 is 24.4. The quantitative estimate of drug-likeness (QED) is 0.166. The molecule has 3 aromatic carbocycles. The lowest BCUT2D eigenvalue weighted by molar-refractivity contribution is -0.146. The highest BCUT2D eigenvalue weighted by atomic mass is 35.5. The lowest BCUT2D eigenvalue weighted by Gasteiger charge is -2.28. The van der Waals surface area contributed by atoms with Gasteiger partial charge >= 0.3 is 11.9 Å². The van der Waals surface area contributed by atoms with Crippen LogP contribution in [0.4, 0.5) is 0 Å². The SMILES string of the molecule is Cc1c(COc2cc(OCc3cncc(C#N)c3)c(CNC(CC(=O)O)C(=O)O)cc2Cl)cccc1C1COc2ccccc2O1. The fourth-order valence-corrected chi connectivity index (χ4v) is 5.18. The van der Waals surface area contributed by atoms with Gasteiger partial charge in [0.1, 0.15) is 43.4 Å². The number of nitrogens with zero attached hydrogens (tertiary/aromatic N) is 2. The standard InChI is InChI=1S/C34H30ClN3O8/c1-20-23(5-4-6-25(20)32-19-45-28-7-2-3-8-29(28)46-32)18-44-31-12-30(43-17-22-9-21(13-36)14-37-15-22)24(10-26(31)35)16-38-27(34(41)42)11-33(39)40/h2-10,12,14-15,27,32,38H,11,16-19H2,1H3,(H,39,40)(H,41,42). The van der Waals surface area contributed by atoms with Crippen molar-refractivity contribution in [1.82, 2.24) is 10.3 Å². The number of carboxylic acid groups (broad SMARTS) is 2. The zero-order valence-corrected chi connectivity index (χ0v) is 25.5. The summed E-state index contributed by atoms with van der Waals surface area (Å²) in [5.41, 5.74) is 4.33. The van der Waals surface area contributed by atoms with Crippen LogP contribution in [-0.4, -0.2) is 39.8 Å². The number of rotatable bonds is 13. The molecule has 0 aliphatic carbocycles. The minimum atomic E-state index is -1.33. The molecule has 1 aliphatic heterocycles. The smallest absolute Gasteiger partial charge is 0.321 e. The van der Waals surface area contributed by atoms with Crippen molar-refractivity contribution in [3.63, 3.8) is 0 Å². The van der Waals surface area contributed by atoms with Crippen LogP contribution in [-0.2, 0) is 29.3 Å². The molecule has 46 heavy (non-hydrogen) atoms. The van der Waals surface area contributed by atoms with Crippen LogP contribution >= 0.6 is 11.6 Å². The monoisotopic (exact) mass is 643 g/mol. The van der Waals surface area contributed by atoms with E-state index in [0.717, 1.165) is 16.7 Å². The van der Waals surface area contributed by atoms with E-state index in [1.54, 1.807) is 24.4 Å². The number of hydrogen-bond acceptors (Lipinski definition) is 9. The highest BCUT2D eigenvalue weighted by Crippen LogP contribution is 2.38. The molecule has 0 amide bonds. The molecule has 12 heteroatoms. The van der Waals surface area contributed by atoms with Gasteiger partial charge in [0.2, 0.25) is 0 Å². The average Bonchev–Trinajstić information content (AvgIpc) is 3.05. The molecule has 2 heterocycles. The van der Waals surface area contributed by atoms with E-state index in [0.29, 0.717) is 46.3 Å². The van der Waals surface area contributed by atoms with Gasteiger partial charge in [-0.2, -0.15) is 5.26 Å². The van der Waals surface area contributed by atoms with Gasteiger partial charge in [0.15, 0.2) is 17.6 Å². The zero-order chi connectivity index (χ0) is 32.6. The van der Waals surface area contributed by atoms with Gasteiger partial charge in [0, 0.05) is 36.1 Å². The number of aliphatic carboxylic acids is 2. The van der Waals surface area contributed by atoms with E-state index in [4.69, 9.17) is 35.7 Å². The second kappa shape index (κ2) is 14.6. The lowest BCUT2D eigenvalue weighted by Crippen LogP contribution is -2.38.